The van der Waals surface area contributed by atoms with E-state index < -0.39 is 0 Å². The minimum atomic E-state index is -0.121. The van der Waals surface area contributed by atoms with Crippen LogP contribution >= 0.6 is 0 Å². The summed E-state index contributed by atoms with van der Waals surface area (Å²) >= 11 is 0. The second-order valence-electron chi connectivity index (χ2n) is 8.32. The summed E-state index contributed by atoms with van der Waals surface area (Å²) < 4.78 is 18.6. The Morgan fingerprint density at radius 1 is 0.778 bits per heavy atom. The van der Waals surface area contributed by atoms with Crippen LogP contribution in [-0.4, -0.2) is 23.8 Å². The fourth-order valence-electron chi connectivity index (χ4n) is 4.15. The second kappa shape index (κ2) is 10.4. The Morgan fingerprint density at radius 2 is 1.58 bits per heavy atom. The highest BCUT2D eigenvalue weighted by molar-refractivity contribution is 5.79. The standard InChI is InChI=1S/C30H26N2O4/c1-34-24-16-15-23(28(18-24)35-2)19-32-29(31-27-14-7-6-13-26(27)30(32)33)22-11-8-12-25(17-22)36-20-21-9-4-3-5-10-21/h3-18H,19-20H2,1-2H3. The van der Waals surface area contributed by atoms with E-state index in [1.165, 1.54) is 0 Å². The first-order valence-corrected chi connectivity index (χ1v) is 11.6. The Kier molecular flexibility index (Phi) is 6.67. The summed E-state index contributed by atoms with van der Waals surface area (Å²) in [6.45, 7) is 0.736. The maximum atomic E-state index is 13.7. The zero-order valence-corrected chi connectivity index (χ0v) is 20.2. The topological polar surface area (TPSA) is 62.6 Å². The summed E-state index contributed by atoms with van der Waals surface area (Å²) in [4.78, 5) is 18.6. The van der Waals surface area contributed by atoms with E-state index >= 15 is 0 Å². The van der Waals surface area contributed by atoms with Crippen LogP contribution in [-0.2, 0) is 13.2 Å². The molecule has 5 aromatic rings. The molecule has 0 bridgehead atoms. The smallest absolute Gasteiger partial charge is 0.261 e. The van der Waals surface area contributed by atoms with E-state index in [0.717, 1.165) is 16.7 Å². The predicted molar refractivity (Wildman–Crippen MR) is 141 cm³/mol. The molecule has 0 aliphatic carbocycles. The quantitative estimate of drug-likeness (QED) is 0.286. The Hall–Kier alpha value is -4.58. The minimum absolute atomic E-state index is 0.121. The molecule has 0 unspecified atom stereocenters. The van der Waals surface area contributed by atoms with Crippen molar-refractivity contribution in [2.45, 2.75) is 13.2 Å². The molecular weight excluding hydrogens is 452 g/mol. The van der Waals surface area contributed by atoms with Gasteiger partial charge in [0.05, 0.1) is 31.7 Å². The van der Waals surface area contributed by atoms with Gasteiger partial charge in [-0.1, -0.05) is 54.6 Å². The van der Waals surface area contributed by atoms with Crippen molar-refractivity contribution < 1.29 is 14.2 Å². The number of rotatable bonds is 8. The van der Waals surface area contributed by atoms with Crippen LogP contribution in [0, 0.1) is 0 Å². The Balaban J connectivity index is 1.58. The van der Waals surface area contributed by atoms with Crippen LogP contribution in [0.25, 0.3) is 22.3 Å². The van der Waals surface area contributed by atoms with Crippen LogP contribution < -0.4 is 19.8 Å². The van der Waals surface area contributed by atoms with Crippen LogP contribution in [0.4, 0.5) is 0 Å². The number of benzene rings is 4. The molecule has 0 atom stereocenters. The molecule has 0 amide bonds. The van der Waals surface area contributed by atoms with E-state index in [9.17, 15) is 4.79 Å². The Bertz CT molecular complexity index is 1560. The first-order valence-electron chi connectivity index (χ1n) is 11.6. The second-order valence-corrected chi connectivity index (χ2v) is 8.32. The van der Waals surface area contributed by atoms with Crippen LogP contribution in [0.5, 0.6) is 17.2 Å². The molecule has 1 heterocycles. The zero-order chi connectivity index (χ0) is 24.9. The van der Waals surface area contributed by atoms with Crippen molar-refractivity contribution in [1.82, 2.24) is 9.55 Å². The van der Waals surface area contributed by atoms with Gasteiger partial charge >= 0.3 is 0 Å². The summed E-state index contributed by atoms with van der Waals surface area (Å²) in [5, 5.41) is 0.560. The zero-order valence-electron chi connectivity index (χ0n) is 20.2. The van der Waals surface area contributed by atoms with Gasteiger partial charge in [-0.2, -0.15) is 0 Å². The van der Waals surface area contributed by atoms with E-state index in [-0.39, 0.29) is 12.1 Å². The lowest BCUT2D eigenvalue weighted by Gasteiger charge is -2.17. The molecule has 180 valence electrons. The number of ether oxygens (including phenoxy) is 3. The average molecular weight is 479 g/mol. The average Bonchev–Trinajstić information content (AvgIpc) is 2.94. The largest absolute Gasteiger partial charge is 0.497 e. The summed E-state index contributed by atoms with van der Waals surface area (Å²) in [5.41, 5.74) is 3.23. The van der Waals surface area contributed by atoms with Gasteiger partial charge < -0.3 is 14.2 Å². The molecule has 0 spiro atoms. The minimum Gasteiger partial charge on any atom is -0.497 e. The molecule has 0 radical (unpaired) electrons. The van der Waals surface area contributed by atoms with Crippen molar-refractivity contribution in [3.8, 4) is 28.6 Å². The van der Waals surface area contributed by atoms with Gasteiger partial charge in [0.15, 0.2) is 0 Å². The molecule has 0 saturated heterocycles. The number of aromatic nitrogens is 2. The molecule has 4 aromatic carbocycles. The molecule has 1 aromatic heterocycles. The maximum absolute atomic E-state index is 13.7. The highest BCUT2D eigenvalue weighted by Crippen LogP contribution is 2.28. The SMILES string of the molecule is COc1ccc(Cn2c(-c3cccc(OCc4ccccc4)c3)nc3ccccc3c2=O)c(OC)c1. The number of methoxy groups -OCH3 is 2. The van der Waals surface area contributed by atoms with E-state index in [4.69, 9.17) is 19.2 Å². The molecule has 0 fully saturated rings. The Morgan fingerprint density at radius 3 is 2.39 bits per heavy atom. The lowest BCUT2D eigenvalue weighted by atomic mass is 10.1. The molecule has 6 heteroatoms. The molecule has 36 heavy (non-hydrogen) atoms. The third-order valence-electron chi connectivity index (χ3n) is 6.02. The highest BCUT2D eigenvalue weighted by Gasteiger charge is 2.16. The van der Waals surface area contributed by atoms with E-state index in [0.29, 0.717) is 40.6 Å². The van der Waals surface area contributed by atoms with Crippen LogP contribution in [0.15, 0.2) is 102 Å². The summed E-state index contributed by atoms with van der Waals surface area (Å²) in [7, 11) is 3.21. The van der Waals surface area contributed by atoms with E-state index in [1.807, 2.05) is 91.0 Å². The van der Waals surface area contributed by atoms with Crippen LogP contribution in [0.1, 0.15) is 11.1 Å². The predicted octanol–water partition coefficient (Wildman–Crippen LogP) is 5.71. The Labute approximate surface area is 209 Å². The molecule has 6 nitrogen and oxygen atoms in total. The van der Waals surface area contributed by atoms with Crippen molar-refractivity contribution in [1.29, 1.82) is 0 Å². The summed E-state index contributed by atoms with van der Waals surface area (Å²) in [6, 6.07) is 30.6. The number of fused-ring (bicyclic) bond motifs is 1. The molecule has 0 aliphatic rings. The number of para-hydroxylation sites is 1. The summed E-state index contributed by atoms with van der Waals surface area (Å²) in [6.07, 6.45) is 0. The molecule has 0 saturated carbocycles. The van der Waals surface area contributed by atoms with Crippen molar-refractivity contribution in [2.75, 3.05) is 14.2 Å². The monoisotopic (exact) mass is 478 g/mol. The van der Waals surface area contributed by atoms with Crippen molar-refractivity contribution in [3.63, 3.8) is 0 Å². The van der Waals surface area contributed by atoms with Crippen molar-refractivity contribution in [2.24, 2.45) is 0 Å². The van der Waals surface area contributed by atoms with E-state index in [2.05, 4.69) is 0 Å². The molecule has 0 N–H and O–H groups in total. The fourth-order valence-corrected chi connectivity index (χ4v) is 4.15. The van der Waals surface area contributed by atoms with Gasteiger partial charge in [-0.05, 0) is 42.0 Å². The van der Waals surface area contributed by atoms with Gasteiger partial charge in [0.25, 0.3) is 5.56 Å². The summed E-state index contributed by atoms with van der Waals surface area (Å²) in [5.74, 6) is 2.58. The number of nitrogens with zero attached hydrogens (tertiary/aromatic N) is 2. The van der Waals surface area contributed by atoms with E-state index in [1.54, 1.807) is 24.9 Å². The third-order valence-corrected chi connectivity index (χ3v) is 6.02. The van der Waals surface area contributed by atoms with Gasteiger partial charge in [0.1, 0.15) is 29.7 Å². The first kappa shape index (κ1) is 23.2. The molecule has 5 rings (SSSR count). The number of hydrogen-bond acceptors (Lipinski definition) is 5. The molecule has 0 aliphatic heterocycles. The fraction of sp³-hybridized carbons (Fsp3) is 0.133. The van der Waals surface area contributed by atoms with Crippen LogP contribution in [0.2, 0.25) is 0 Å². The number of hydrogen-bond donors (Lipinski definition) is 0. The van der Waals surface area contributed by atoms with Gasteiger partial charge in [-0.15, -0.1) is 0 Å². The van der Waals surface area contributed by atoms with Gasteiger partial charge in [0, 0.05) is 17.2 Å². The lowest BCUT2D eigenvalue weighted by Crippen LogP contribution is -2.24. The third kappa shape index (κ3) is 4.79. The normalized spacial score (nSPS) is 10.8. The van der Waals surface area contributed by atoms with Gasteiger partial charge in [-0.3, -0.25) is 9.36 Å². The van der Waals surface area contributed by atoms with Gasteiger partial charge in [-0.25, -0.2) is 4.98 Å². The van der Waals surface area contributed by atoms with Gasteiger partial charge in [0.2, 0.25) is 0 Å². The molecular formula is C30H26N2O4. The maximum Gasteiger partial charge on any atom is 0.261 e. The van der Waals surface area contributed by atoms with Crippen molar-refractivity contribution >= 4 is 10.9 Å². The first-order chi connectivity index (χ1) is 17.7. The highest BCUT2D eigenvalue weighted by atomic mass is 16.5. The van der Waals surface area contributed by atoms with Crippen molar-refractivity contribution in [3.05, 3.63) is 119 Å². The lowest BCUT2D eigenvalue weighted by molar-refractivity contribution is 0.306. The van der Waals surface area contributed by atoms with Crippen LogP contribution in [0.3, 0.4) is 0 Å².